The molecule has 1 aromatic heterocycles. The molecule has 0 saturated carbocycles. The first-order chi connectivity index (χ1) is 21.0. The maximum atomic E-state index is 13.7. The predicted octanol–water partition coefficient (Wildman–Crippen LogP) is 6.01. The number of hydrogen-bond donors (Lipinski definition) is 1. The number of nitrogens with zero attached hydrogens (tertiary/aromatic N) is 2. The largest absolute Gasteiger partial charge is 0.507 e. The number of amides is 1. The number of benzene rings is 2. The number of carbonyl (C=O) groups is 3. The monoisotopic (exact) mass is 620 g/mol. The summed E-state index contributed by atoms with van der Waals surface area (Å²) < 4.78 is 22.6. The number of aliphatic hydroxyl groups is 1. The van der Waals surface area contributed by atoms with Gasteiger partial charge >= 0.3 is 11.9 Å². The van der Waals surface area contributed by atoms with Crippen LogP contribution in [-0.2, 0) is 20.7 Å². The first kappa shape index (κ1) is 31.1. The van der Waals surface area contributed by atoms with Gasteiger partial charge in [0.05, 0.1) is 37.6 Å². The lowest BCUT2D eigenvalue weighted by Gasteiger charge is -2.24. The van der Waals surface area contributed by atoms with Crippen LogP contribution in [0.25, 0.3) is 5.76 Å². The zero-order chi connectivity index (χ0) is 31.7. The molecule has 44 heavy (non-hydrogen) atoms. The third-order valence-corrected chi connectivity index (χ3v) is 8.65. The molecule has 1 fully saturated rings. The minimum atomic E-state index is -1.07. The minimum absolute atomic E-state index is 0.0108. The van der Waals surface area contributed by atoms with Crippen molar-refractivity contribution in [2.45, 2.75) is 59.6 Å². The second kappa shape index (κ2) is 12.7. The molecule has 0 bridgehead atoms. The highest BCUT2D eigenvalue weighted by Crippen LogP contribution is 2.46. The molecule has 232 valence electrons. The van der Waals surface area contributed by atoms with Crippen LogP contribution in [0, 0.1) is 12.8 Å². The molecule has 2 unspecified atom stereocenters. The smallest absolute Gasteiger partial charge is 0.350 e. The van der Waals surface area contributed by atoms with Crippen LogP contribution in [0.5, 0.6) is 17.2 Å². The lowest BCUT2D eigenvalue weighted by atomic mass is 9.94. The number of rotatable bonds is 10. The highest BCUT2D eigenvalue weighted by Gasteiger charge is 2.49. The van der Waals surface area contributed by atoms with E-state index in [4.69, 9.17) is 18.9 Å². The van der Waals surface area contributed by atoms with Gasteiger partial charge in [0.15, 0.2) is 16.6 Å². The van der Waals surface area contributed by atoms with Gasteiger partial charge in [0, 0.05) is 12.0 Å². The van der Waals surface area contributed by atoms with E-state index in [1.54, 1.807) is 43.3 Å². The summed E-state index contributed by atoms with van der Waals surface area (Å²) in [5.74, 6) is -0.544. The van der Waals surface area contributed by atoms with Crippen molar-refractivity contribution in [3.05, 3.63) is 69.2 Å². The Morgan fingerprint density at radius 3 is 2.64 bits per heavy atom. The van der Waals surface area contributed by atoms with Crippen LogP contribution in [0.1, 0.15) is 72.2 Å². The van der Waals surface area contributed by atoms with Crippen molar-refractivity contribution >= 4 is 39.9 Å². The maximum absolute atomic E-state index is 13.7. The number of fused-ring (bicyclic) bond motifs is 1. The molecule has 3 heterocycles. The number of esters is 1. The number of hydrogen-bond acceptors (Lipinski definition) is 10. The molecule has 2 atom stereocenters. The number of ether oxygens (including phenoxy) is 4. The average molecular weight is 621 g/mol. The summed E-state index contributed by atoms with van der Waals surface area (Å²) in [4.78, 5) is 45.8. The molecule has 0 spiro atoms. The summed E-state index contributed by atoms with van der Waals surface area (Å²) in [5.41, 5.74) is 2.02. The third-order valence-electron chi connectivity index (χ3n) is 7.51. The van der Waals surface area contributed by atoms with Crippen LogP contribution in [0.2, 0.25) is 0 Å². The fraction of sp³-hybridized carbons (Fsp3) is 0.394. The lowest BCUT2D eigenvalue weighted by molar-refractivity contribution is -0.132. The van der Waals surface area contributed by atoms with E-state index in [0.717, 1.165) is 23.3 Å². The van der Waals surface area contributed by atoms with Crippen molar-refractivity contribution in [2.75, 3.05) is 25.2 Å². The fourth-order valence-corrected chi connectivity index (χ4v) is 6.34. The van der Waals surface area contributed by atoms with E-state index in [2.05, 4.69) is 18.8 Å². The first-order valence-corrected chi connectivity index (χ1v) is 15.4. The highest BCUT2D eigenvalue weighted by molar-refractivity contribution is 7.17. The van der Waals surface area contributed by atoms with E-state index in [1.165, 1.54) is 12.0 Å². The maximum Gasteiger partial charge on any atom is 0.350 e. The van der Waals surface area contributed by atoms with E-state index in [1.807, 2.05) is 13.8 Å². The number of Topliss-reactive ketones (excluding diaryl/α,β-unsaturated/α-hetero) is 1. The van der Waals surface area contributed by atoms with Gasteiger partial charge in [-0.25, -0.2) is 9.78 Å². The number of aliphatic hydroxyl groups excluding tert-OH is 1. The Morgan fingerprint density at radius 1 is 1.16 bits per heavy atom. The number of thiazole rings is 1. The van der Waals surface area contributed by atoms with E-state index < -0.39 is 23.7 Å². The Hall–Kier alpha value is -4.38. The van der Waals surface area contributed by atoms with Crippen molar-refractivity contribution in [1.82, 2.24) is 4.98 Å². The molecule has 2 aromatic carbocycles. The van der Waals surface area contributed by atoms with Crippen molar-refractivity contribution < 1.29 is 38.4 Å². The summed E-state index contributed by atoms with van der Waals surface area (Å²) in [6.45, 7) is 10.5. The van der Waals surface area contributed by atoms with E-state index >= 15 is 0 Å². The summed E-state index contributed by atoms with van der Waals surface area (Å²) in [6.07, 6.45) is 1.49. The molecular weight excluding hydrogens is 584 g/mol. The number of aryl methyl sites for hydroxylation is 1. The number of anilines is 1. The zero-order valence-electron chi connectivity index (χ0n) is 25.6. The van der Waals surface area contributed by atoms with Gasteiger partial charge in [0.2, 0.25) is 0 Å². The molecule has 0 radical (unpaired) electrons. The van der Waals surface area contributed by atoms with Gasteiger partial charge in [0.1, 0.15) is 22.5 Å². The van der Waals surface area contributed by atoms with Gasteiger partial charge in [-0.3, -0.25) is 14.5 Å². The third kappa shape index (κ3) is 5.88. The lowest BCUT2D eigenvalue weighted by Crippen LogP contribution is -2.29. The normalized spacial score (nSPS) is 18.8. The molecule has 11 heteroatoms. The van der Waals surface area contributed by atoms with Crippen molar-refractivity contribution in [3.63, 3.8) is 0 Å². The second-order valence-electron chi connectivity index (χ2n) is 11.2. The summed E-state index contributed by atoms with van der Waals surface area (Å²) in [5, 5.41) is 11.8. The number of aromatic nitrogens is 1. The van der Waals surface area contributed by atoms with Crippen molar-refractivity contribution in [3.8, 4) is 17.2 Å². The van der Waals surface area contributed by atoms with Crippen LogP contribution in [0.4, 0.5) is 5.13 Å². The molecule has 10 nitrogen and oxygen atoms in total. The molecule has 2 aliphatic heterocycles. The standard InChI is InChI=1S/C33H36N2O8S/c1-7-41-25-16-20(8-11-24(25)42-13-12-17(2)3)27-26(28(36)21-9-10-23-22(15-21)14-18(4)43-23)29(37)31(38)35(27)33-34-19(5)30(44-33)32(39)40-6/h8-11,15-18,27,36H,7,12-14H2,1-6H3/b28-26-. The van der Waals surface area contributed by atoms with E-state index in [9.17, 15) is 19.5 Å². The Balaban J connectivity index is 1.66. The van der Waals surface area contributed by atoms with Crippen LogP contribution in [-0.4, -0.2) is 54.2 Å². The van der Waals surface area contributed by atoms with Crippen molar-refractivity contribution in [1.29, 1.82) is 0 Å². The van der Waals surface area contributed by atoms with Crippen LogP contribution in [0.3, 0.4) is 0 Å². The molecule has 3 aromatic rings. The topological polar surface area (TPSA) is 124 Å². The second-order valence-corrected chi connectivity index (χ2v) is 12.2. The highest BCUT2D eigenvalue weighted by atomic mass is 32.1. The summed E-state index contributed by atoms with van der Waals surface area (Å²) in [7, 11) is 1.26. The van der Waals surface area contributed by atoms with Gasteiger partial charge in [-0.1, -0.05) is 31.3 Å². The van der Waals surface area contributed by atoms with Gasteiger partial charge in [-0.15, -0.1) is 0 Å². The number of ketones is 1. The van der Waals surface area contributed by atoms with Gasteiger partial charge < -0.3 is 24.1 Å². The van der Waals surface area contributed by atoms with Crippen molar-refractivity contribution in [2.24, 2.45) is 5.92 Å². The molecule has 2 aliphatic rings. The predicted molar refractivity (Wildman–Crippen MR) is 166 cm³/mol. The number of methoxy groups -OCH3 is 1. The molecule has 1 saturated heterocycles. The Labute approximate surface area is 260 Å². The number of carbonyl (C=O) groups excluding carboxylic acids is 3. The average Bonchev–Trinajstić information content (AvgIpc) is 3.64. The molecule has 5 rings (SSSR count). The molecule has 1 amide bonds. The Morgan fingerprint density at radius 2 is 1.93 bits per heavy atom. The first-order valence-electron chi connectivity index (χ1n) is 14.6. The van der Waals surface area contributed by atoms with Crippen LogP contribution in [0.15, 0.2) is 42.0 Å². The van der Waals surface area contributed by atoms with E-state index in [0.29, 0.717) is 59.6 Å². The zero-order valence-corrected chi connectivity index (χ0v) is 26.4. The summed E-state index contributed by atoms with van der Waals surface area (Å²) in [6, 6.07) is 9.31. The molecule has 1 N–H and O–H groups in total. The SMILES string of the molecule is CCOc1cc(C2/C(=C(/O)c3ccc4c(c3)CC(C)O4)C(=O)C(=O)N2c2nc(C)c(C(=O)OC)s2)ccc1OCCC(C)C. The van der Waals surface area contributed by atoms with Gasteiger partial charge in [-0.05, 0) is 74.6 Å². The fourth-order valence-electron chi connectivity index (χ4n) is 5.32. The van der Waals surface area contributed by atoms with Gasteiger partial charge in [-0.2, -0.15) is 0 Å². The van der Waals surface area contributed by atoms with Crippen LogP contribution >= 0.6 is 11.3 Å². The minimum Gasteiger partial charge on any atom is -0.507 e. The van der Waals surface area contributed by atoms with Gasteiger partial charge in [0.25, 0.3) is 5.78 Å². The Bertz CT molecular complexity index is 1640. The quantitative estimate of drug-likeness (QED) is 0.126. The Kier molecular flexibility index (Phi) is 8.96. The molecular formula is C33H36N2O8S. The molecule has 0 aliphatic carbocycles. The van der Waals surface area contributed by atoms with Crippen LogP contribution < -0.4 is 19.1 Å². The van der Waals surface area contributed by atoms with E-state index in [-0.39, 0.29) is 27.4 Å². The summed E-state index contributed by atoms with van der Waals surface area (Å²) >= 11 is 0.942.